The summed E-state index contributed by atoms with van der Waals surface area (Å²) in [4.78, 5) is -0.321. The van der Waals surface area contributed by atoms with Crippen LogP contribution in [0.5, 0.6) is 0 Å². The first kappa shape index (κ1) is 14.8. The fourth-order valence-electron chi connectivity index (χ4n) is 1.80. The summed E-state index contributed by atoms with van der Waals surface area (Å²) in [7, 11) is -2.45. The van der Waals surface area contributed by atoms with Gasteiger partial charge in [0.1, 0.15) is 0 Å². The molecule has 1 aromatic carbocycles. The molecule has 0 bridgehead atoms. The summed E-state index contributed by atoms with van der Waals surface area (Å²) in [6.07, 6.45) is 2.03. The van der Waals surface area contributed by atoms with Crippen molar-refractivity contribution in [3.8, 4) is 0 Å². The average molecular weight is 324 g/mol. The second-order valence-electron chi connectivity index (χ2n) is 4.66. The first-order valence-electron chi connectivity index (χ1n) is 5.77. The molecule has 19 heavy (non-hydrogen) atoms. The molecule has 1 aromatic rings. The minimum absolute atomic E-state index is 0.0956. The van der Waals surface area contributed by atoms with Crippen LogP contribution in [-0.4, -0.2) is 22.9 Å². The van der Waals surface area contributed by atoms with Crippen LogP contribution >= 0.6 is 10.7 Å². The number of rotatable bonds is 5. The number of sulfonamides is 1. The molecular weight excluding hydrogens is 310 g/mol. The Bertz CT molecular complexity index is 680. The van der Waals surface area contributed by atoms with Gasteiger partial charge in [0, 0.05) is 16.7 Å². The maximum atomic E-state index is 12.1. The fourth-order valence-corrected chi connectivity index (χ4v) is 4.03. The highest BCUT2D eigenvalue weighted by Crippen LogP contribution is 2.33. The molecule has 0 aliphatic heterocycles. The van der Waals surface area contributed by atoms with Gasteiger partial charge in [-0.15, -0.1) is 0 Å². The lowest BCUT2D eigenvalue weighted by atomic mass is 10.2. The first-order chi connectivity index (χ1) is 8.70. The smallest absolute Gasteiger partial charge is 0.208 e. The van der Waals surface area contributed by atoms with Crippen LogP contribution in [0.15, 0.2) is 34.1 Å². The van der Waals surface area contributed by atoms with Gasteiger partial charge in [-0.2, -0.15) is 0 Å². The number of nitrogens with one attached hydrogen (secondary N) is 1. The van der Waals surface area contributed by atoms with Crippen molar-refractivity contribution in [1.29, 1.82) is 0 Å². The highest BCUT2D eigenvalue weighted by atomic mass is 35.7. The molecule has 1 saturated carbocycles. The van der Waals surface area contributed by atoms with E-state index in [1.807, 2.05) is 0 Å². The van der Waals surface area contributed by atoms with Crippen molar-refractivity contribution in [3.63, 3.8) is 0 Å². The van der Waals surface area contributed by atoms with Crippen LogP contribution in [0.3, 0.4) is 0 Å². The molecule has 0 heterocycles. The van der Waals surface area contributed by atoms with Crippen molar-refractivity contribution >= 4 is 29.8 Å². The molecule has 0 aromatic heterocycles. The number of benzene rings is 1. The Morgan fingerprint density at radius 1 is 1.21 bits per heavy atom. The lowest BCUT2D eigenvalue weighted by Crippen LogP contribution is -2.34. The zero-order valence-corrected chi connectivity index (χ0v) is 12.6. The standard InChI is InChI=1S/C11H14ClNO4S2/c1-8(9-5-6-9)13-19(16,17)11-4-2-3-10(7-11)18(12,14)15/h2-4,7-9,13H,5-6H2,1H3. The second kappa shape index (κ2) is 5.05. The number of hydrogen-bond acceptors (Lipinski definition) is 4. The van der Waals surface area contributed by atoms with E-state index < -0.39 is 19.1 Å². The zero-order chi connectivity index (χ0) is 14.3. The normalized spacial score (nSPS) is 18.2. The Morgan fingerprint density at radius 2 is 1.79 bits per heavy atom. The highest BCUT2D eigenvalue weighted by molar-refractivity contribution is 8.13. The third-order valence-corrected chi connectivity index (χ3v) is 5.98. The van der Waals surface area contributed by atoms with E-state index in [4.69, 9.17) is 10.7 Å². The van der Waals surface area contributed by atoms with E-state index in [1.54, 1.807) is 6.92 Å². The highest BCUT2D eigenvalue weighted by Gasteiger charge is 2.31. The van der Waals surface area contributed by atoms with Gasteiger partial charge in [-0.3, -0.25) is 0 Å². The van der Waals surface area contributed by atoms with Crippen molar-refractivity contribution in [2.24, 2.45) is 5.92 Å². The van der Waals surface area contributed by atoms with Crippen LogP contribution in [0.2, 0.25) is 0 Å². The van der Waals surface area contributed by atoms with Gasteiger partial charge in [-0.05, 0) is 43.9 Å². The number of halogens is 1. The molecule has 1 N–H and O–H groups in total. The van der Waals surface area contributed by atoms with E-state index in [2.05, 4.69) is 4.72 Å². The van der Waals surface area contributed by atoms with Crippen LogP contribution in [0.25, 0.3) is 0 Å². The van der Waals surface area contributed by atoms with Crippen molar-refractivity contribution in [3.05, 3.63) is 24.3 Å². The molecule has 1 aliphatic carbocycles. The van der Waals surface area contributed by atoms with Crippen LogP contribution in [0.4, 0.5) is 0 Å². The lowest BCUT2D eigenvalue weighted by Gasteiger charge is -2.13. The predicted octanol–water partition coefficient (Wildman–Crippen LogP) is 1.69. The quantitative estimate of drug-likeness (QED) is 0.836. The van der Waals surface area contributed by atoms with Crippen LogP contribution in [0.1, 0.15) is 19.8 Å². The monoisotopic (exact) mass is 323 g/mol. The summed E-state index contributed by atoms with van der Waals surface area (Å²) < 4.78 is 49.2. The molecule has 0 amide bonds. The number of hydrogen-bond donors (Lipinski definition) is 1. The largest absolute Gasteiger partial charge is 0.261 e. The summed E-state index contributed by atoms with van der Waals surface area (Å²) >= 11 is 0. The van der Waals surface area contributed by atoms with E-state index in [0.29, 0.717) is 5.92 Å². The van der Waals surface area contributed by atoms with E-state index in [-0.39, 0.29) is 15.8 Å². The average Bonchev–Trinajstić information content (AvgIpc) is 3.11. The van der Waals surface area contributed by atoms with E-state index in [0.717, 1.165) is 18.9 Å². The van der Waals surface area contributed by atoms with Gasteiger partial charge in [0.05, 0.1) is 9.79 Å². The summed E-state index contributed by atoms with van der Waals surface area (Å²) in [6, 6.07) is 4.86. The maximum Gasteiger partial charge on any atom is 0.261 e. The first-order valence-corrected chi connectivity index (χ1v) is 9.56. The van der Waals surface area contributed by atoms with Crippen LogP contribution in [-0.2, 0) is 19.1 Å². The van der Waals surface area contributed by atoms with Gasteiger partial charge in [-0.1, -0.05) is 6.07 Å². The van der Waals surface area contributed by atoms with Gasteiger partial charge in [0.25, 0.3) is 9.05 Å². The SMILES string of the molecule is CC(NS(=O)(=O)c1cccc(S(=O)(=O)Cl)c1)C1CC1. The van der Waals surface area contributed by atoms with Crippen molar-refractivity contribution in [2.75, 3.05) is 0 Å². The van der Waals surface area contributed by atoms with E-state index in [9.17, 15) is 16.8 Å². The Hall–Kier alpha value is -0.630. The predicted molar refractivity (Wildman–Crippen MR) is 72.0 cm³/mol. The molecule has 0 radical (unpaired) electrons. The maximum absolute atomic E-state index is 12.1. The molecular formula is C11H14ClNO4S2. The van der Waals surface area contributed by atoms with Gasteiger partial charge in [0.15, 0.2) is 0 Å². The molecule has 2 rings (SSSR count). The van der Waals surface area contributed by atoms with Crippen molar-refractivity contribution < 1.29 is 16.8 Å². The van der Waals surface area contributed by atoms with Crippen molar-refractivity contribution in [1.82, 2.24) is 4.72 Å². The molecule has 1 fully saturated rings. The zero-order valence-electron chi connectivity index (χ0n) is 10.2. The van der Waals surface area contributed by atoms with Gasteiger partial charge in [0.2, 0.25) is 10.0 Å². The Balaban J connectivity index is 2.30. The molecule has 1 unspecified atom stereocenters. The lowest BCUT2D eigenvalue weighted by molar-refractivity contribution is 0.538. The minimum Gasteiger partial charge on any atom is -0.208 e. The Labute approximate surface area is 117 Å². The molecule has 1 aliphatic rings. The fraction of sp³-hybridized carbons (Fsp3) is 0.455. The second-order valence-corrected chi connectivity index (χ2v) is 8.94. The molecule has 8 heteroatoms. The van der Waals surface area contributed by atoms with Crippen LogP contribution < -0.4 is 4.72 Å². The Morgan fingerprint density at radius 3 is 2.32 bits per heavy atom. The van der Waals surface area contributed by atoms with E-state index >= 15 is 0 Å². The molecule has 0 spiro atoms. The minimum atomic E-state index is -3.94. The summed E-state index contributed by atoms with van der Waals surface area (Å²) in [5, 5.41) is 0. The van der Waals surface area contributed by atoms with Gasteiger partial charge in [-0.25, -0.2) is 21.6 Å². The molecule has 5 nitrogen and oxygen atoms in total. The summed E-state index contributed by atoms with van der Waals surface area (Å²) in [5.74, 6) is 0.370. The van der Waals surface area contributed by atoms with Gasteiger partial charge < -0.3 is 0 Å². The molecule has 0 saturated heterocycles. The molecule has 106 valence electrons. The summed E-state index contributed by atoms with van der Waals surface area (Å²) in [5.41, 5.74) is 0. The van der Waals surface area contributed by atoms with Crippen LogP contribution in [0, 0.1) is 5.92 Å². The molecule has 1 atom stereocenters. The van der Waals surface area contributed by atoms with Gasteiger partial charge >= 0.3 is 0 Å². The third kappa shape index (κ3) is 3.68. The summed E-state index contributed by atoms with van der Waals surface area (Å²) in [6.45, 7) is 1.80. The third-order valence-electron chi connectivity index (χ3n) is 3.07. The Kier molecular flexibility index (Phi) is 3.92. The van der Waals surface area contributed by atoms with Crippen molar-refractivity contribution in [2.45, 2.75) is 35.6 Å². The van der Waals surface area contributed by atoms with E-state index in [1.165, 1.54) is 18.2 Å². The topological polar surface area (TPSA) is 80.3 Å².